The minimum atomic E-state index is 0.430. The van der Waals surface area contributed by atoms with E-state index in [1.165, 1.54) is 17.5 Å². The average molecular weight is 266 g/mol. The molecule has 20 heavy (non-hydrogen) atoms. The summed E-state index contributed by atoms with van der Waals surface area (Å²) in [6.45, 7) is 0.641. The first-order valence-corrected chi connectivity index (χ1v) is 7.13. The highest BCUT2D eigenvalue weighted by Crippen LogP contribution is 2.32. The van der Waals surface area contributed by atoms with Gasteiger partial charge in [0.15, 0.2) is 6.29 Å². The first-order valence-electron chi connectivity index (χ1n) is 7.13. The fourth-order valence-electron chi connectivity index (χ4n) is 2.93. The first-order chi connectivity index (χ1) is 9.88. The van der Waals surface area contributed by atoms with Gasteiger partial charge in [-0.05, 0) is 42.5 Å². The van der Waals surface area contributed by atoms with Gasteiger partial charge in [-0.3, -0.25) is 4.79 Å². The molecule has 2 heteroatoms. The van der Waals surface area contributed by atoms with Gasteiger partial charge in [0.05, 0.1) is 12.2 Å². The standard InChI is InChI=1S/C18H18O2/c19-12-15-7-2-4-11-18(15)20-13-16-9-5-8-14-6-1-3-10-17(14)16/h1-4,6-7,10-12,16H,5,8-9,13H2. The van der Waals surface area contributed by atoms with E-state index in [4.69, 9.17) is 4.74 Å². The van der Waals surface area contributed by atoms with Crippen LogP contribution in [0.5, 0.6) is 5.75 Å². The Morgan fingerprint density at radius 2 is 1.90 bits per heavy atom. The number of rotatable bonds is 4. The molecule has 1 atom stereocenters. The smallest absolute Gasteiger partial charge is 0.153 e. The summed E-state index contributed by atoms with van der Waals surface area (Å²) in [7, 11) is 0. The minimum Gasteiger partial charge on any atom is -0.492 e. The third-order valence-electron chi connectivity index (χ3n) is 3.98. The molecule has 2 aromatic rings. The third kappa shape index (κ3) is 2.60. The van der Waals surface area contributed by atoms with Crippen LogP contribution in [-0.4, -0.2) is 12.9 Å². The molecule has 1 aliphatic carbocycles. The molecule has 0 saturated carbocycles. The van der Waals surface area contributed by atoms with Gasteiger partial charge in [0.25, 0.3) is 0 Å². The maximum atomic E-state index is 11.0. The Balaban J connectivity index is 1.75. The lowest BCUT2D eigenvalue weighted by Crippen LogP contribution is -2.17. The van der Waals surface area contributed by atoms with Gasteiger partial charge in [-0.1, -0.05) is 36.4 Å². The molecular formula is C18H18O2. The van der Waals surface area contributed by atoms with Gasteiger partial charge >= 0.3 is 0 Å². The SMILES string of the molecule is O=Cc1ccccc1OCC1CCCc2ccccc21. The molecule has 2 aromatic carbocycles. The number of ether oxygens (including phenoxy) is 1. The zero-order chi connectivity index (χ0) is 13.8. The molecule has 0 amide bonds. The summed E-state index contributed by atoms with van der Waals surface area (Å²) in [5, 5.41) is 0. The number of para-hydroxylation sites is 1. The van der Waals surface area contributed by atoms with Crippen LogP contribution in [0.25, 0.3) is 0 Å². The number of carbonyl (C=O) groups excluding carboxylic acids is 1. The van der Waals surface area contributed by atoms with Gasteiger partial charge in [0, 0.05) is 5.92 Å². The third-order valence-corrected chi connectivity index (χ3v) is 3.98. The molecule has 0 N–H and O–H groups in total. The van der Waals surface area contributed by atoms with Gasteiger partial charge < -0.3 is 4.74 Å². The predicted octanol–water partition coefficient (Wildman–Crippen LogP) is 4.00. The number of benzene rings is 2. The number of hydrogen-bond donors (Lipinski definition) is 0. The van der Waals surface area contributed by atoms with Crippen LogP contribution in [0, 0.1) is 0 Å². The highest BCUT2D eigenvalue weighted by molar-refractivity contribution is 5.79. The van der Waals surface area contributed by atoms with Crippen molar-refractivity contribution in [2.75, 3.05) is 6.61 Å². The summed E-state index contributed by atoms with van der Waals surface area (Å²) in [6, 6.07) is 16.0. The Hall–Kier alpha value is -2.09. The van der Waals surface area contributed by atoms with Crippen molar-refractivity contribution in [3.8, 4) is 5.75 Å². The summed E-state index contributed by atoms with van der Waals surface area (Å²) in [5.41, 5.74) is 3.47. The first kappa shape index (κ1) is 12.9. The second kappa shape index (κ2) is 5.91. The molecule has 0 spiro atoms. The van der Waals surface area contributed by atoms with Gasteiger partial charge in [-0.25, -0.2) is 0 Å². The van der Waals surface area contributed by atoms with E-state index in [0.29, 0.717) is 23.8 Å². The molecule has 0 bridgehead atoms. The number of aldehydes is 1. The Morgan fingerprint density at radius 1 is 1.10 bits per heavy atom. The van der Waals surface area contributed by atoms with Crippen LogP contribution in [0.1, 0.15) is 40.2 Å². The van der Waals surface area contributed by atoms with E-state index < -0.39 is 0 Å². The fourth-order valence-corrected chi connectivity index (χ4v) is 2.93. The molecule has 2 nitrogen and oxygen atoms in total. The van der Waals surface area contributed by atoms with Gasteiger partial charge in [-0.2, -0.15) is 0 Å². The highest BCUT2D eigenvalue weighted by atomic mass is 16.5. The normalized spacial score (nSPS) is 17.3. The van der Waals surface area contributed by atoms with Crippen LogP contribution >= 0.6 is 0 Å². The Labute approximate surface area is 119 Å². The molecule has 102 valence electrons. The van der Waals surface area contributed by atoms with Crippen molar-refractivity contribution < 1.29 is 9.53 Å². The lowest BCUT2D eigenvalue weighted by molar-refractivity contribution is 0.111. The summed E-state index contributed by atoms with van der Waals surface area (Å²) < 4.78 is 5.89. The molecule has 0 saturated heterocycles. The lowest BCUT2D eigenvalue weighted by atomic mass is 9.83. The Morgan fingerprint density at radius 3 is 2.80 bits per heavy atom. The van der Waals surface area contributed by atoms with Crippen molar-refractivity contribution in [1.82, 2.24) is 0 Å². The van der Waals surface area contributed by atoms with Gasteiger partial charge in [0.2, 0.25) is 0 Å². The van der Waals surface area contributed by atoms with Crippen LogP contribution < -0.4 is 4.74 Å². The van der Waals surface area contributed by atoms with E-state index in [2.05, 4.69) is 24.3 Å². The maximum Gasteiger partial charge on any atom is 0.153 e. The second-order valence-electron chi connectivity index (χ2n) is 5.25. The maximum absolute atomic E-state index is 11.0. The Kier molecular flexibility index (Phi) is 3.82. The molecule has 0 aromatic heterocycles. The largest absolute Gasteiger partial charge is 0.492 e. The Bertz CT molecular complexity index is 604. The van der Waals surface area contributed by atoms with E-state index in [1.54, 1.807) is 6.07 Å². The van der Waals surface area contributed by atoms with Gasteiger partial charge in [-0.15, -0.1) is 0 Å². The van der Waals surface area contributed by atoms with E-state index in [-0.39, 0.29) is 0 Å². The van der Waals surface area contributed by atoms with E-state index in [1.807, 2.05) is 18.2 Å². The number of fused-ring (bicyclic) bond motifs is 1. The fraction of sp³-hybridized carbons (Fsp3) is 0.278. The summed E-state index contributed by atoms with van der Waals surface area (Å²) in [6.07, 6.45) is 4.38. The van der Waals surface area contributed by atoms with Gasteiger partial charge in [0.1, 0.15) is 5.75 Å². The molecule has 1 unspecified atom stereocenters. The molecular weight excluding hydrogens is 248 g/mol. The number of aryl methyl sites for hydroxylation is 1. The summed E-state index contributed by atoms with van der Waals surface area (Å²) in [4.78, 5) is 11.0. The van der Waals surface area contributed by atoms with E-state index >= 15 is 0 Å². The van der Waals surface area contributed by atoms with Crippen molar-refractivity contribution in [2.45, 2.75) is 25.2 Å². The molecule has 0 aliphatic heterocycles. The number of hydrogen-bond acceptors (Lipinski definition) is 2. The highest BCUT2D eigenvalue weighted by Gasteiger charge is 2.20. The quantitative estimate of drug-likeness (QED) is 0.782. The zero-order valence-electron chi connectivity index (χ0n) is 11.4. The van der Waals surface area contributed by atoms with Crippen LogP contribution in [0.15, 0.2) is 48.5 Å². The van der Waals surface area contributed by atoms with Crippen molar-refractivity contribution in [2.24, 2.45) is 0 Å². The predicted molar refractivity (Wildman–Crippen MR) is 79.4 cm³/mol. The molecule has 1 aliphatic rings. The van der Waals surface area contributed by atoms with Crippen molar-refractivity contribution in [3.63, 3.8) is 0 Å². The van der Waals surface area contributed by atoms with Crippen molar-refractivity contribution >= 4 is 6.29 Å². The molecule has 3 rings (SSSR count). The summed E-state index contributed by atoms with van der Waals surface area (Å²) in [5.74, 6) is 1.12. The molecule has 0 radical (unpaired) electrons. The van der Waals surface area contributed by atoms with E-state index in [0.717, 1.165) is 19.1 Å². The van der Waals surface area contributed by atoms with Crippen LogP contribution in [0.2, 0.25) is 0 Å². The monoisotopic (exact) mass is 266 g/mol. The van der Waals surface area contributed by atoms with E-state index in [9.17, 15) is 4.79 Å². The zero-order valence-corrected chi connectivity index (χ0v) is 11.4. The van der Waals surface area contributed by atoms with Crippen molar-refractivity contribution in [1.29, 1.82) is 0 Å². The van der Waals surface area contributed by atoms with Crippen LogP contribution in [0.4, 0.5) is 0 Å². The molecule has 0 fully saturated rings. The minimum absolute atomic E-state index is 0.430. The summed E-state index contributed by atoms with van der Waals surface area (Å²) >= 11 is 0. The molecule has 0 heterocycles. The van der Waals surface area contributed by atoms with Crippen LogP contribution in [0.3, 0.4) is 0 Å². The number of carbonyl (C=O) groups is 1. The second-order valence-corrected chi connectivity index (χ2v) is 5.25. The average Bonchev–Trinajstić information content (AvgIpc) is 2.53. The topological polar surface area (TPSA) is 26.3 Å². The van der Waals surface area contributed by atoms with Crippen LogP contribution in [-0.2, 0) is 6.42 Å². The van der Waals surface area contributed by atoms with Crippen molar-refractivity contribution in [3.05, 3.63) is 65.2 Å². The lowest BCUT2D eigenvalue weighted by Gasteiger charge is -2.25.